The van der Waals surface area contributed by atoms with Gasteiger partial charge in [0.2, 0.25) is 22.8 Å². The molecular weight excluding hydrogens is 1100 g/mol. The van der Waals surface area contributed by atoms with Crippen LogP contribution in [0.5, 0.6) is 11.8 Å². The zero-order valence-electron chi connectivity index (χ0n) is 39.7. The molecule has 7 rings (SSSR count). The number of aromatic hydroxyl groups is 2. The number of nitrogens with zero attached hydrogens (tertiary/aromatic N) is 12. The number of nitrogen functional groups attached to an aromatic ring is 1. The highest BCUT2D eigenvalue weighted by Gasteiger charge is 2.13. The van der Waals surface area contributed by atoms with Gasteiger partial charge in [0.25, 0.3) is 11.1 Å². The Morgan fingerprint density at radius 1 is 0.562 bits per heavy atom. The van der Waals surface area contributed by atoms with Crippen LogP contribution < -0.4 is 16.9 Å². The number of diazo groups is 1. The molecular formula is C46H50Cl4N15O4S4+. The van der Waals surface area contributed by atoms with Crippen molar-refractivity contribution in [2.75, 3.05) is 28.7 Å². The second-order valence-electron chi connectivity index (χ2n) is 13.8. The van der Waals surface area contributed by atoms with E-state index in [1.807, 2.05) is 68.4 Å². The van der Waals surface area contributed by atoms with Crippen LogP contribution in [0, 0.1) is 5.39 Å². The summed E-state index contributed by atoms with van der Waals surface area (Å²) >= 11 is 29.4. The average molecular weight is 1150 g/mol. The molecule has 0 bridgehead atoms. The highest BCUT2D eigenvalue weighted by molar-refractivity contribution is 7.99. The molecule has 0 amide bonds. The lowest BCUT2D eigenvalue weighted by Gasteiger charge is -2.03. The predicted molar refractivity (Wildman–Crippen MR) is 298 cm³/mol. The number of hydrogen-bond donors (Lipinski definition) is 5. The molecule has 0 atom stereocenters. The van der Waals surface area contributed by atoms with Gasteiger partial charge in [-0.05, 0) is 49.9 Å². The van der Waals surface area contributed by atoms with Crippen LogP contribution in [0.1, 0.15) is 53.4 Å². The molecule has 0 aliphatic rings. The highest BCUT2D eigenvalue weighted by Crippen LogP contribution is 2.34. The molecule has 4 heterocycles. The first-order valence-electron chi connectivity index (χ1n) is 21.9. The monoisotopic (exact) mass is 1140 g/mol. The van der Waals surface area contributed by atoms with Crippen LogP contribution in [0.15, 0.2) is 148 Å². The molecule has 384 valence electrons. The van der Waals surface area contributed by atoms with E-state index in [2.05, 4.69) is 79.2 Å². The van der Waals surface area contributed by atoms with E-state index < -0.39 is 11.4 Å². The summed E-state index contributed by atoms with van der Waals surface area (Å²) < 4.78 is 0. The normalized spacial score (nSPS) is 10.5. The highest BCUT2D eigenvalue weighted by atomic mass is 35.5. The molecule has 0 unspecified atom stereocenters. The van der Waals surface area contributed by atoms with Gasteiger partial charge in [0.05, 0.1) is 17.4 Å². The Balaban J connectivity index is 0.000000249. The van der Waals surface area contributed by atoms with Crippen molar-refractivity contribution in [3.05, 3.63) is 143 Å². The molecule has 0 aliphatic carbocycles. The largest absolute Gasteiger partial charge is 0.493 e. The van der Waals surface area contributed by atoms with Crippen LogP contribution in [-0.4, -0.2) is 73.1 Å². The molecule has 0 saturated carbocycles. The Morgan fingerprint density at radius 3 is 1.38 bits per heavy atom. The van der Waals surface area contributed by atoms with Crippen molar-refractivity contribution in [3.63, 3.8) is 0 Å². The fourth-order valence-electron chi connectivity index (χ4n) is 4.56. The maximum Gasteiger partial charge on any atom is 0.385 e. The molecule has 4 aromatic heterocycles. The summed E-state index contributed by atoms with van der Waals surface area (Å²) in [6.07, 6.45) is 4.03. The molecule has 7 aromatic rings. The maximum absolute atomic E-state index is 11.8. The Hall–Kier alpha value is -5.84. The van der Waals surface area contributed by atoms with Crippen molar-refractivity contribution in [3.8, 4) is 11.8 Å². The van der Waals surface area contributed by atoms with Gasteiger partial charge in [-0.1, -0.05) is 176 Å². The number of anilines is 1. The van der Waals surface area contributed by atoms with Crippen molar-refractivity contribution in [1.82, 2.24) is 39.9 Å². The van der Waals surface area contributed by atoms with Crippen molar-refractivity contribution >= 4 is 128 Å². The van der Waals surface area contributed by atoms with E-state index in [1.165, 1.54) is 47.0 Å². The average Bonchev–Trinajstić information content (AvgIpc) is 3.38. The van der Waals surface area contributed by atoms with Crippen LogP contribution in [0.2, 0.25) is 20.6 Å². The summed E-state index contributed by atoms with van der Waals surface area (Å²) in [5.41, 5.74) is 6.90. The van der Waals surface area contributed by atoms with Gasteiger partial charge >= 0.3 is 5.69 Å². The fourth-order valence-corrected chi connectivity index (χ4v) is 8.45. The second kappa shape index (κ2) is 35.3. The van der Waals surface area contributed by atoms with Gasteiger partial charge in [-0.3, -0.25) is 14.6 Å². The van der Waals surface area contributed by atoms with E-state index in [9.17, 15) is 14.7 Å². The number of nitrogens with one attached hydrogen (secondary N) is 2. The molecule has 3 aromatic carbocycles. The smallest absolute Gasteiger partial charge is 0.385 e. The molecule has 0 fully saturated rings. The first kappa shape index (κ1) is 61.5. The molecule has 0 aliphatic heterocycles. The van der Waals surface area contributed by atoms with Gasteiger partial charge < -0.3 is 20.9 Å². The summed E-state index contributed by atoms with van der Waals surface area (Å²) in [5, 5.41) is 45.4. The number of benzene rings is 3. The Morgan fingerprint density at radius 2 is 0.973 bits per heavy atom. The third-order valence-electron chi connectivity index (χ3n) is 7.84. The molecule has 0 saturated heterocycles. The van der Waals surface area contributed by atoms with E-state index in [1.54, 1.807) is 36.4 Å². The van der Waals surface area contributed by atoms with Crippen LogP contribution >= 0.6 is 93.5 Å². The number of hydrogen-bond acceptors (Lipinski definition) is 20. The lowest BCUT2D eigenvalue weighted by Crippen LogP contribution is -2.08. The first-order chi connectivity index (χ1) is 35.2. The van der Waals surface area contributed by atoms with Gasteiger partial charge in [-0.25, -0.2) is 19.9 Å². The third kappa shape index (κ3) is 24.2. The molecule has 27 heteroatoms. The molecule has 73 heavy (non-hydrogen) atoms. The van der Waals surface area contributed by atoms with E-state index >= 15 is 0 Å². The minimum atomic E-state index is -0.504. The minimum Gasteiger partial charge on any atom is -0.493 e. The summed E-state index contributed by atoms with van der Waals surface area (Å²) in [6.45, 7) is 8.22. The van der Waals surface area contributed by atoms with Crippen molar-refractivity contribution < 1.29 is 10.2 Å². The van der Waals surface area contributed by atoms with Crippen molar-refractivity contribution in [2.45, 2.75) is 74.0 Å². The Labute approximate surface area is 458 Å². The second-order valence-corrected chi connectivity index (χ2v) is 19.5. The summed E-state index contributed by atoms with van der Waals surface area (Å²) in [5.74, 6) is 2.91. The number of H-pyrrole nitrogens is 2. The van der Waals surface area contributed by atoms with Crippen LogP contribution in [0.3, 0.4) is 0 Å². The first-order valence-corrected chi connectivity index (χ1v) is 27.4. The number of azo groups is 2. The zero-order valence-corrected chi connectivity index (χ0v) is 46.0. The Bertz CT molecular complexity index is 2940. The molecule has 0 radical (unpaired) electrons. The zero-order chi connectivity index (χ0) is 53.4. The standard InChI is InChI=1S/C13H12Cl2N4S.C13H14N4O2S.C7H9Cl2N3S.C7H10N2O2S.C6H5N2/c1-2-8-20-13-16-11(14)10(12(15)17-13)19-18-9-6-4-3-5-7-9;1-2-8-20-13-14-11(18)10(12(19)15-13)17-16-9-6-4-3-5-7-9;1-2-3-13-7-11-5(8)4(10)6(9)12-7;1-2-3-12-7-8-5(10)4-6(11)9-7;7-8-6-4-2-1-3-5-6/h3-7H,2,8H2,1H3;3-7H,2,8H2,1H3,(H2,14,15,18,19);2-3,10H2,1H3;4H,2-3H2,1H3,(H2,8,9,10,11);1-5H/q;;;;+1. The van der Waals surface area contributed by atoms with E-state index in [4.69, 9.17) is 62.6 Å². The number of halogens is 4. The van der Waals surface area contributed by atoms with Gasteiger partial charge in [0.1, 0.15) is 5.69 Å². The lowest BCUT2D eigenvalue weighted by molar-refractivity contribution is 0.444. The summed E-state index contributed by atoms with van der Waals surface area (Å²) in [6, 6.07) is 28.3. The van der Waals surface area contributed by atoms with E-state index in [-0.39, 0.29) is 49.1 Å². The maximum atomic E-state index is 11.8. The SMILES string of the molecule is CCCSc1nc(Cl)c(N)c(Cl)n1.CCCSc1nc(Cl)c(N=Nc2ccccc2)c(Cl)n1.CCCSc1nc(O)c(N=Nc2ccccc2)c(=O)[nH]1.CCCSc1nc(O)cc(=O)[nH]1.N#[N+]c1ccccc1. The number of thioether (sulfide) groups is 4. The molecule has 19 nitrogen and oxygen atoms in total. The summed E-state index contributed by atoms with van der Waals surface area (Å²) in [4.78, 5) is 54.6. The van der Waals surface area contributed by atoms with Crippen molar-refractivity contribution in [1.29, 1.82) is 5.39 Å². The van der Waals surface area contributed by atoms with Gasteiger partial charge in [0.15, 0.2) is 51.9 Å². The number of aromatic nitrogens is 8. The molecule has 6 N–H and O–H groups in total. The van der Waals surface area contributed by atoms with Crippen molar-refractivity contribution in [2.24, 2.45) is 20.5 Å². The topological polar surface area (TPSA) is 287 Å². The quantitative estimate of drug-likeness (QED) is 0.0198. The number of aromatic amines is 2. The van der Waals surface area contributed by atoms with Gasteiger partial charge in [-0.15, -0.1) is 10.2 Å². The van der Waals surface area contributed by atoms with E-state index in [0.717, 1.165) is 54.8 Å². The van der Waals surface area contributed by atoms with Gasteiger partial charge in [-0.2, -0.15) is 20.2 Å². The minimum absolute atomic E-state index is 0.185. The van der Waals surface area contributed by atoms with Crippen LogP contribution in [0.4, 0.5) is 34.1 Å². The lowest BCUT2D eigenvalue weighted by atomic mass is 10.3. The van der Waals surface area contributed by atoms with E-state index in [0.29, 0.717) is 37.7 Å². The predicted octanol–water partition coefficient (Wildman–Crippen LogP) is 15.1. The Kier molecular flexibility index (Phi) is 29.7. The number of rotatable bonds is 16. The van der Waals surface area contributed by atoms with Gasteiger partial charge in [0, 0.05) is 35.1 Å². The fraction of sp³-hybridized carbons (Fsp3) is 0.261. The van der Waals surface area contributed by atoms with Crippen LogP contribution in [-0.2, 0) is 0 Å². The summed E-state index contributed by atoms with van der Waals surface area (Å²) in [7, 11) is 0. The molecule has 0 spiro atoms. The third-order valence-corrected chi connectivity index (χ3v) is 13.2. The van der Waals surface area contributed by atoms with Crippen LogP contribution in [0.25, 0.3) is 4.98 Å². The number of nitrogens with two attached hydrogens (primary N) is 1.